The maximum atomic E-state index is 9.91. The van der Waals surface area contributed by atoms with E-state index in [1.807, 2.05) is 54.6 Å². The van der Waals surface area contributed by atoms with Gasteiger partial charge in [-0.3, -0.25) is 4.98 Å². The minimum atomic E-state index is -0.0120. The Bertz CT molecular complexity index is 674. The van der Waals surface area contributed by atoms with E-state index in [9.17, 15) is 5.11 Å². The molecule has 1 aromatic heterocycles. The average molecular weight is 290 g/mol. The van der Waals surface area contributed by atoms with Gasteiger partial charge in [-0.05, 0) is 23.8 Å². The first kappa shape index (κ1) is 14.3. The molecule has 110 valence electrons. The Hall–Kier alpha value is -2.65. The second-order valence-electron chi connectivity index (χ2n) is 5.11. The van der Waals surface area contributed by atoms with Crippen LogP contribution in [0.5, 0.6) is 5.75 Å². The number of hydrogen-bond donors (Lipinski definition) is 2. The van der Waals surface area contributed by atoms with Gasteiger partial charge in [-0.1, -0.05) is 54.6 Å². The van der Waals surface area contributed by atoms with Crippen LogP contribution in [0.25, 0.3) is 0 Å². The first-order valence-corrected chi connectivity index (χ1v) is 7.31. The number of rotatable bonds is 5. The van der Waals surface area contributed by atoms with Crippen LogP contribution in [-0.2, 0) is 6.54 Å². The lowest BCUT2D eigenvalue weighted by Crippen LogP contribution is -2.22. The van der Waals surface area contributed by atoms with Gasteiger partial charge in [0.05, 0.1) is 11.7 Å². The van der Waals surface area contributed by atoms with E-state index >= 15 is 0 Å². The van der Waals surface area contributed by atoms with E-state index in [4.69, 9.17) is 0 Å². The summed E-state index contributed by atoms with van der Waals surface area (Å²) in [6, 6.07) is 23.5. The van der Waals surface area contributed by atoms with Crippen LogP contribution in [0.4, 0.5) is 0 Å². The SMILES string of the molecule is Oc1ccccc1CN[C@@H](c1ccccc1)c1ccccn1. The lowest BCUT2D eigenvalue weighted by molar-refractivity contribution is 0.461. The Labute approximate surface area is 130 Å². The largest absolute Gasteiger partial charge is 0.508 e. The number of aromatic nitrogens is 1. The molecular weight excluding hydrogens is 272 g/mol. The molecule has 2 aromatic carbocycles. The fourth-order valence-corrected chi connectivity index (χ4v) is 2.46. The van der Waals surface area contributed by atoms with E-state index in [0.29, 0.717) is 12.3 Å². The van der Waals surface area contributed by atoms with Gasteiger partial charge in [0, 0.05) is 18.3 Å². The minimum absolute atomic E-state index is 0.0120. The monoisotopic (exact) mass is 290 g/mol. The van der Waals surface area contributed by atoms with Crippen LogP contribution >= 0.6 is 0 Å². The number of phenolic OH excluding ortho intramolecular Hbond substituents is 1. The summed E-state index contributed by atoms with van der Waals surface area (Å²) in [6.07, 6.45) is 1.80. The molecule has 0 unspecified atom stereocenters. The van der Waals surface area contributed by atoms with Gasteiger partial charge in [0.25, 0.3) is 0 Å². The summed E-state index contributed by atoms with van der Waals surface area (Å²) in [5.74, 6) is 0.308. The highest BCUT2D eigenvalue weighted by atomic mass is 16.3. The van der Waals surface area contributed by atoms with Gasteiger partial charge in [0.15, 0.2) is 0 Å². The Morgan fingerprint density at radius 1 is 0.864 bits per heavy atom. The van der Waals surface area contributed by atoms with Crippen molar-refractivity contribution in [3.05, 3.63) is 95.8 Å². The maximum Gasteiger partial charge on any atom is 0.120 e. The minimum Gasteiger partial charge on any atom is -0.508 e. The number of benzene rings is 2. The fraction of sp³-hybridized carbons (Fsp3) is 0.105. The zero-order chi connectivity index (χ0) is 15.2. The van der Waals surface area contributed by atoms with Crippen LogP contribution in [0.2, 0.25) is 0 Å². The number of hydrogen-bond acceptors (Lipinski definition) is 3. The number of nitrogens with zero attached hydrogens (tertiary/aromatic N) is 1. The number of nitrogens with one attached hydrogen (secondary N) is 1. The molecule has 0 aliphatic carbocycles. The van der Waals surface area contributed by atoms with E-state index in [-0.39, 0.29) is 6.04 Å². The van der Waals surface area contributed by atoms with Gasteiger partial charge in [0.2, 0.25) is 0 Å². The maximum absolute atomic E-state index is 9.91. The van der Waals surface area contributed by atoms with E-state index in [1.54, 1.807) is 12.3 Å². The highest BCUT2D eigenvalue weighted by molar-refractivity contribution is 5.33. The van der Waals surface area contributed by atoms with E-state index in [1.165, 1.54) is 0 Å². The average Bonchev–Trinajstić information content (AvgIpc) is 2.59. The van der Waals surface area contributed by atoms with Crippen LogP contribution < -0.4 is 5.32 Å². The first-order chi connectivity index (χ1) is 10.8. The summed E-state index contributed by atoms with van der Waals surface area (Å²) in [5.41, 5.74) is 2.99. The van der Waals surface area contributed by atoms with Crippen molar-refractivity contribution in [2.45, 2.75) is 12.6 Å². The van der Waals surface area contributed by atoms with Gasteiger partial charge in [0.1, 0.15) is 5.75 Å². The zero-order valence-electron chi connectivity index (χ0n) is 12.2. The van der Waals surface area contributed by atoms with Gasteiger partial charge in [-0.25, -0.2) is 0 Å². The highest BCUT2D eigenvalue weighted by Gasteiger charge is 2.14. The Kier molecular flexibility index (Phi) is 4.47. The molecule has 3 aromatic rings. The van der Waals surface area contributed by atoms with E-state index in [0.717, 1.165) is 16.8 Å². The van der Waals surface area contributed by atoms with Crippen molar-refractivity contribution in [1.29, 1.82) is 0 Å². The summed E-state index contributed by atoms with van der Waals surface area (Å²) in [5, 5.41) is 13.4. The molecular formula is C19H18N2O. The molecule has 3 heteroatoms. The molecule has 22 heavy (non-hydrogen) atoms. The molecule has 0 radical (unpaired) electrons. The third kappa shape index (κ3) is 3.32. The van der Waals surface area contributed by atoms with Gasteiger partial charge < -0.3 is 10.4 Å². The quantitative estimate of drug-likeness (QED) is 0.753. The Morgan fingerprint density at radius 3 is 2.32 bits per heavy atom. The molecule has 0 saturated heterocycles. The van der Waals surface area contributed by atoms with Crippen LogP contribution in [0.1, 0.15) is 22.9 Å². The third-order valence-electron chi connectivity index (χ3n) is 3.60. The summed E-state index contributed by atoms with van der Waals surface area (Å²) in [7, 11) is 0. The number of aromatic hydroxyl groups is 1. The molecule has 1 heterocycles. The predicted octanol–water partition coefficient (Wildman–Crippen LogP) is 3.67. The van der Waals surface area contributed by atoms with Crippen molar-refractivity contribution in [3.63, 3.8) is 0 Å². The lowest BCUT2D eigenvalue weighted by Gasteiger charge is -2.19. The summed E-state index contributed by atoms with van der Waals surface area (Å²) < 4.78 is 0. The Balaban J connectivity index is 1.85. The normalized spacial score (nSPS) is 12.0. The summed E-state index contributed by atoms with van der Waals surface area (Å²) in [4.78, 5) is 4.47. The van der Waals surface area contributed by atoms with Gasteiger partial charge >= 0.3 is 0 Å². The summed E-state index contributed by atoms with van der Waals surface area (Å²) in [6.45, 7) is 0.572. The molecule has 0 aliphatic rings. The second-order valence-corrected chi connectivity index (χ2v) is 5.11. The molecule has 0 spiro atoms. The Morgan fingerprint density at radius 2 is 1.59 bits per heavy atom. The van der Waals surface area contributed by atoms with Crippen LogP contribution in [-0.4, -0.2) is 10.1 Å². The number of para-hydroxylation sites is 1. The van der Waals surface area contributed by atoms with Gasteiger partial charge in [-0.15, -0.1) is 0 Å². The summed E-state index contributed by atoms with van der Waals surface area (Å²) >= 11 is 0. The second kappa shape index (κ2) is 6.87. The molecule has 3 nitrogen and oxygen atoms in total. The number of pyridine rings is 1. The molecule has 1 atom stereocenters. The molecule has 0 fully saturated rings. The van der Waals surface area contributed by atoms with Crippen molar-refractivity contribution in [2.75, 3.05) is 0 Å². The van der Waals surface area contributed by atoms with Crippen molar-refractivity contribution in [3.8, 4) is 5.75 Å². The van der Waals surface area contributed by atoms with Crippen molar-refractivity contribution >= 4 is 0 Å². The standard InChI is InChI=1S/C19H18N2O/c22-18-12-5-4-10-16(18)14-21-19(15-8-2-1-3-9-15)17-11-6-7-13-20-17/h1-13,19,21-22H,14H2/t19-/m0/s1. The smallest absolute Gasteiger partial charge is 0.120 e. The number of phenols is 1. The topological polar surface area (TPSA) is 45.1 Å². The van der Waals surface area contributed by atoms with Crippen LogP contribution in [0, 0.1) is 0 Å². The first-order valence-electron chi connectivity index (χ1n) is 7.31. The molecule has 3 rings (SSSR count). The van der Waals surface area contributed by atoms with Crippen molar-refractivity contribution in [1.82, 2.24) is 10.3 Å². The van der Waals surface area contributed by atoms with Gasteiger partial charge in [-0.2, -0.15) is 0 Å². The predicted molar refractivity (Wildman–Crippen MR) is 87.5 cm³/mol. The highest BCUT2D eigenvalue weighted by Crippen LogP contribution is 2.22. The van der Waals surface area contributed by atoms with Crippen LogP contribution in [0.3, 0.4) is 0 Å². The lowest BCUT2D eigenvalue weighted by atomic mass is 10.0. The van der Waals surface area contributed by atoms with Crippen LogP contribution in [0.15, 0.2) is 79.0 Å². The van der Waals surface area contributed by atoms with E-state index < -0.39 is 0 Å². The van der Waals surface area contributed by atoms with Crippen molar-refractivity contribution < 1.29 is 5.11 Å². The molecule has 0 saturated carbocycles. The molecule has 0 bridgehead atoms. The third-order valence-corrected chi connectivity index (χ3v) is 3.60. The van der Waals surface area contributed by atoms with Crippen molar-refractivity contribution in [2.24, 2.45) is 0 Å². The molecule has 2 N–H and O–H groups in total. The van der Waals surface area contributed by atoms with E-state index in [2.05, 4.69) is 22.4 Å². The molecule has 0 amide bonds. The molecule has 0 aliphatic heterocycles. The fourth-order valence-electron chi connectivity index (χ4n) is 2.46. The zero-order valence-corrected chi connectivity index (χ0v) is 12.2.